The fraction of sp³-hybridized carbons (Fsp3) is 0. The van der Waals surface area contributed by atoms with Crippen molar-refractivity contribution >= 4 is 27.5 Å². The standard InChI is InChI=1S/C13H9BrF2N2O2/c14-8-3-6(1-2-9(8)15)20-12-4-7(13(18)19)11(17)5-10(12)16/h1-5H,17H2,(H2,18,19). The van der Waals surface area contributed by atoms with Gasteiger partial charge in [0.1, 0.15) is 11.6 Å². The van der Waals surface area contributed by atoms with Gasteiger partial charge in [-0.2, -0.15) is 0 Å². The maximum absolute atomic E-state index is 13.7. The van der Waals surface area contributed by atoms with Gasteiger partial charge < -0.3 is 16.2 Å². The minimum absolute atomic E-state index is 0.0532. The highest BCUT2D eigenvalue weighted by Crippen LogP contribution is 2.30. The zero-order valence-electron chi connectivity index (χ0n) is 9.99. The van der Waals surface area contributed by atoms with Crippen LogP contribution in [0.3, 0.4) is 0 Å². The van der Waals surface area contributed by atoms with Crippen LogP contribution in [0.4, 0.5) is 14.5 Å². The van der Waals surface area contributed by atoms with Gasteiger partial charge in [0.05, 0.1) is 10.0 Å². The molecule has 4 N–H and O–H groups in total. The number of nitrogens with two attached hydrogens (primary N) is 2. The second-order valence-corrected chi connectivity index (χ2v) is 4.77. The molecule has 0 heterocycles. The van der Waals surface area contributed by atoms with Gasteiger partial charge in [-0.15, -0.1) is 0 Å². The Labute approximate surface area is 121 Å². The number of ether oxygens (including phenoxy) is 1. The van der Waals surface area contributed by atoms with E-state index in [0.29, 0.717) is 0 Å². The highest BCUT2D eigenvalue weighted by Gasteiger charge is 2.14. The van der Waals surface area contributed by atoms with Crippen LogP contribution in [-0.2, 0) is 0 Å². The number of benzene rings is 2. The summed E-state index contributed by atoms with van der Waals surface area (Å²) >= 11 is 2.98. The second-order valence-electron chi connectivity index (χ2n) is 3.91. The van der Waals surface area contributed by atoms with Gasteiger partial charge in [0.25, 0.3) is 5.91 Å². The molecule has 2 aromatic carbocycles. The number of primary amides is 1. The van der Waals surface area contributed by atoms with E-state index in [1.54, 1.807) is 0 Å². The first-order chi connectivity index (χ1) is 9.38. The molecule has 0 fully saturated rings. The van der Waals surface area contributed by atoms with Gasteiger partial charge in [0.2, 0.25) is 0 Å². The molecule has 0 saturated carbocycles. The number of hydrogen-bond acceptors (Lipinski definition) is 3. The number of carbonyl (C=O) groups excluding carboxylic acids is 1. The molecule has 0 bridgehead atoms. The van der Waals surface area contributed by atoms with Gasteiger partial charge in [-0.3, -0.25) is 4.79 Å². The Kier molecular flexibility index (Phi) is 3.89. The maximum Gasteiger partial charge on any atom is 0.250 e. The van der Waals surface area contributed by atoms with Gasteiger partial charge in [-0.25, -0.2) is 8.78 Å². The number of hydrogen-bond donors (Lipinski definition) is 2. The van der Waals surface area contributed by atoms with Gasteiger partial charge >= 0.3 is 0 Å². The van der Waals surface area contributed by atoms with Crippen LogP contribution in [0, 0.1) is 11.6 Å². The average molecular weight is 343 g/mol. The van der Waals surface area contributed by atoms with Gasteiger partial charge in [-0.1, -0.05) is 0 Å². The van der Waals surface area contributed by atoms with Crippen LogP contribution in [0.25, 0.3) is 0 Å². The van der Waals surface area contributed by atoms with E-state index in [1.165, 1.54) is 12.1 Å². The number of rotatable bonds is 3. The number of nitrogen functional groups attached to an aromatic ring is 1. The third-order valence-electron chi connectivity index (χ3n) is 2.49. The van der Waals surface area contributed by atoms with Crippen molar-refractivity contribution in [3.8, 4) is 11.5 Å². The van der Waals surface area contributed by atoms with E-state index in [1.807, 2.05) is 0 Å². The topological polar surface area (TPSA) is 78.3 Å². The summed E-state index contributed by atoms with van der Waals surface area (Å²) in [7, 11) is 0. The molecule has 0 aliphatic carbocycles. The summed E-state index contributed by atoms with van der Waals surface area (Å²) in [4.78, 5) is 11.1. The van der Waals surface area contributed by atoms with Crippen molar-refractivity contribution in [1.82, 2.24) is 0 Å². The molecule has 104 valence electrons. The predicted molar refractivity (Wildman–Crippen MR) is 73.5 cm³/mol. The Balaban J connectivity index is 2.40. The number of halogens is 3. The second kappa shape index (κ2) is 5.46. The third-order valence-corrected chi connectivity index (χ3v) is 3.10. The molecule has 2 aromatic rings. The molecule has 0 radical (unpaired) electrons. The van der Waals surface area contributed by atoms with E-state index >= 15 is 0 Å². The average Bonchev–Trinajstić information content (AvgIpc) is 2.36. The van der Waals surface area contributed by atoms with Crippen LogP contribution < -0.4 is 16.2 Å². The van der Waals surface area contributed by atoms with Crippen LogP contribution in [0.2, 0.25) is 0 Å². The summed E-state index contributed by atoms with van der Waals surface area (Å²) in [5.74, 6) is -2.07. The lowest BCUT2D eigenvalue weighted by molar-refractivity contribution is 0.100. The van der Waals surface area contributed by atoms with Crippen molar-refractivity contribution in [2.45, 2.75) is 0 Å². The molecule has 1 amide bonds. The van der Waals surface area contributed by atoms with Gasteiger partial charge in [0, 0.05) is 11.8 Å². The van der Waals surface area contributed by atoms with E-state index in [4.69, 9.17) is 16.2 Å². The van der Waals surface area contributed by atoms with Crippen LogP contribution in [0.1, 0.15) is 10.4 Å². The molecular weight excluding hydrogens is 334 g/mol. The van der Waals surface area contributed by atoms with Gasteiger partial charge in [-0.05, 0) is 40.2 Å². The first-order valence-electron chi connectivity index (χ1n) is 5.40. The fourth-order valence-corrected chi connectivity index (χ4v) is 1.89. The molecule has 0 aliphatic rings. The lowest BCUT2D eigenvalue weighted by Gasteiger charge is -2.10. The highest BCUT2D eigenvalue weighted by molar-refractivity contribution is 9.10. The van der Waals surface area contributed by atoms with E-state index in [2.05, 4.69) is 15.9 Å². The molecule has 0 saturated heterocycles. The van der Waals surface area contributed by atoms with E-state index in [0.717, 1.165) is 18.2 Å². The summed E-state index contributed by atoms with van der Waals surface area (Å²) in [6, 6.07) is 5.84. The van der Waals surface area contributed by atoms with Crippen LogP contribution >= 0.6 is 15.9 Å². The quantitative estimate of drug-likeness (QED) is 0.840. The van der Waals surface area contributed by atoms with Crippen molar-refractivity contribution in [1.29, 1.82) is 0 Å². The van der Waals surface area contributed by atoms with E-state index in [-0.39, 0.29) is 27.2 Å². The van der Waals surface area contributed by atoms with Crippen LogP contribution in [0.15, 0.2) is 34.8 Å². The predicted octanol–water partition coefficient (Wildman–Crippen LogP) is 3.20. The normalized spacial score (nSPS) is 10.3. The van der Waals surface area contributed by atoms with Gasteiger partial charge in [0.15, 0.2) is 11.6 Å². The minimum atomic E-state index is -0.798. The maximum atomic E-state index is 13.7. The Morgan fingerprint density at radius 2 is 1.85 bits per heavy atom. The fourth-order valence-electron chi connectivity index (χ4n) is 1.53. The van der Waals surface area contributed by atoms with Crippen LogP contribution in [-0.4, -0.2) is 5.91 Å². The molecule has 0 aromatic heterocycles. The highest BCUT2D eigenvalue weighted by atomic mass is 79.9. The Morgan fingerprint density at radius 3 is 2.45 bits per heavy atom. The molecule has 0 unspecified atom stereocenters. The summed E-state index contributed by atoms with van der Waals surface area (Å²) in [6.07, 6.45) is 0. The summed E-state index contributed by atoms with van der Waals surface area (Å²) in [5, 5.41) is 0. The Hall–Kier alpha value is -2.15. The Bertz CT molecular complexity index is 692. The molecular formula is C13H9BrF2N2O2. The SMILES string of the molecule is NC(=O)c1cc(Oc2ccc(F)c(Br)c2)c(F)cc1N. The summed E-state index contributed by atoms with van der Waals surface area (Å²) in [5.41, 5.74) is 10.5. The van der Waals surface area contributed by atoms with Crippen molar-refractivity contribution in [3.63, 3.8) is 0 Å². The Morgan fingerprint density at radius 1 is 1.15 bits per heavy atom. The van der Waals surface area contributed by atoms with E-state index < -0.39 is 17.5 Å². The minimum Gasteiger partial charge on any atom is -0.454 e. The molecule has 0 spiro atoms. The third kappa shape index (κ3) is 2.88. The molecule has 0 aliphatic heterocycles. The smallest absolute Gasteiger partial charge is 0.250 e. The molecule has 0 atom stereocenters. The summed E-state index contributed by atoms with van der Waals surface area (Å²) in [6.45, 7) is 0. The number of amides is 1. The summed E-state index contributed by atoms with van der Waals surface area (Å²) < 4.78 is 32.2. The number of anilines is 1. The molecule has 2 rings (SSSR count). The zero-order chi connectivity index (χ0) is 14.9. The molecule has 20 heavy (non-hydrogen) atoms. The lowest BCUT2D eigenvalue weighted by atomic mass is 10.1. The first-order valence-corrected chi connectivity index (χ1v) is 6.19. The monoisotopic (exact) mass is 342 g/mol. The zero-order valence-corrected chi connectivity index (χ0v) is 11.6. The molecule has 4 nitrogen and oxygen atoms in total. The molecule has 7 heteroatoms. The number of carbonyl (C=O) groups is 1. The first kappa shape index (κ1) is 14.3. The van der Waals surface area contributed by atoms with E-state index in [9.17, 15) is 13.6 Å². The van der Waals surface area contributed by atoms with Crippen molar-refractivity contribution in [2.24, 2.45) is 5.73 Å². The largest absolute Gasteiger partial charge is 0.454 e. The van der Waals surface area contributed by atoms with Crippen molar-refractivity contribution in [2.75, 3.05) is 5.73 Å². The lowest BCUT2D eigenvalue weighted by Crippen LogP contribution is -2.14. The van der Waals surface area contributed by atoms with Crippen molar-refractivity contribution in [3.05, 3.63) is 52.0 Å². The van der Waals surface area contributed by atoms with Crippen molar-refractivity contribution < 1.29 is 18.3 Å². The van der Waals surface area contributed by atoms with Crippen LogP contribution in [0.5, 0.6) is 11.5 Å².